The van der Waals surface area contributed by atoms with Crippen LogP contribution in [0.15, 0.2) is 33.1 Å². The van der Waals surface area contributed by atoms with Gasteiger partial charge in [0, 0.05) is 5.54 Å². The van der Waals surface area contributed by atoms with Crippen LogP contribution in [0, 0.1) is 0 Å². The van der Waals surface area contributed by atoms with E-state index in [-0.39, 0.29) is 17.2 Å². The van der Waals surface area contributed by atoms with Crippen LogP contribution in [0.2, 0.25) is 0 Å². The Morgan fingerprint density at radius 2 is 2.36 bits per heavy atom. The van der Waals surface area contributed by atoms with E-state index in [2.05, 4.69) is 31.0 Å². The molecular formula is C13H18N6O2S. The maximum absolute atomic E-state index is 11.7. The summed E-state index contributed by atoms with van der Waals surface area (Å²) in [6.07, 6.45) is 3.08. The number of carbonyl (C=O) groups excluding carboxylic acids is 1. The van der Waals surface area contributed by atoms with Crippen molar-refractivity contribution in [2.45, 2.75) is 31.5 Å². The molecule has 0 aliphatic rings. The quantitative estimate of drug-likeness (QED) is 0.425. The van der Waals surface area contributed by atoms with E-state index in [1.165, 1.54) is 18.0 Å². The first-order chi connectivity index (χ1) is 10.4. The van der Waals surface area contributed by atoms with Gasteiger partial charge in [-0.3, -0.25) is 4.79 Å². The second-order valence-electron chi connectivity index (χ2n) is 5.44. The number of hydrogen-bond acceptors (Lipinski definition) is 7. The monoisotopic (exact) mass is 322 g/mol. The molecule has 0 saturated carbocycles. The van der Waals surface area contributed by atoms with Crippen LogP contribution < -0.4 is 10.7 Å². The topological polar surface area (TPSA) is 108 Å². The fourth-order valence-corrected chi connectivity index (χ4v) is 2.07. The Labute approximate surface area is 132 Å². The van der Waals surface area contributed by atoms with Crippen molar-refractivity contribution in [1.29, 1.82) is 0 Å². The minimum atomic E-state index is -0.246. The molecule has 0 saturated heterocycles. The number of aromatic nitrogens is 3. The number of anilines is 1. The van der Waals surface area contributed by atoms with Crippen LogP contribution in [-0.2, 0) is 4.79 Å². The van der Waals surface area contributed by atoms with Gasteiger partial charge in [0.15, 0.2) is 0 Å². The first-order valence-electron chi connectivity index (χ1n) is 6.61. The van der Waals surface area contributed by atoms with Gasteiger partial charge in [-0.2, -0.15) is 10.1 Å². The largest absolute Gasteiger partial charge is 0.463 e. The number of hydrazone groups is 1. The standard InChI is InChI=1S/C13H18N6O2S/c1-13(2,3)16-10(20)8-22-12-15-11(18-19-12)17-14-7-9-5-4-6-21-9/h4-7H,8H2,1-3H3,(H,16,20)(H2,15,17,18,19)/b14-7+. The average molecular weight is 322 g/mol. The molecule has 9 heteroatoms. The molecule has 3 N–H and O–H groups in total. The molecule has 0 spiro atoms. The Morgan fingerprint density at radius 3 is 3.05 bits per heavy atom. The molecule has 0 aliphatic carbocycles. The van der Waals surface area contributed by atoms with Crippen molar-refractivity contribution in [2.75, 3.05) is 11.2 Å². The normalized spacial score (nSPS) is 11.8. The van der Waals surface area contributed by atoms with E-state index in [4.69, 9.17) is 4.42 Å². The molecule has 1 amide bonds. The lowest BCUT2D eigenvalue weighted by Crippen LogP contribution is -2.41. The highest BCUT2D eigenvalue weighted by Crippen LogP contribution is 2.14. The van der Waals surface area contributed by atoms with Crippen molar-refractivity contribution >= 4 is 29.8 Å². The first-order valence-corrected chi connectivity index (χ1v) is 7.60. The average Bonchev–Trinajstić information content (AvgIpc) is 3.06. The third-order valence-electron chi connectivity index (χ3n) is 2.22. The van der Waals surface area contributed by atoms with E-state index in [9.17, 15) is 4.79 Å². The van der Waals surface area contributed by atoms with Crippen molar-refractivity contribution in [1.82, 2.24) is 20.5 Å². The van der Waals surface area contributed by atoms with Gasteiger partial charge < -0.3 is 9.73 Å². The molecule has 0 bridgehead atoms. The van der Waals surface area contributed by atoms with Crippen LogP contribution in [0.4, 0.5) is 5.95 Å². The zero-order chi connectivity index (χ0) is 16.0. The molecule has 118 valence electrons. The van der Waals surface area contributed by atoms with E-state index in [1.54, 1.807) is 18.4 Å². The van der Waals surface area contributed by atoms with Gasteiger partial charge in [0.25, 0.3) is 0 Å². The number of furan rings is 1. The molecular weight excluding hydrogens is 304 g/mol. The zero-order valence-corrected chi connectivity index (χ0v) is 13.4. The number of H-pyrrole nitrogens is 1. The summed E-state index contributed by atoms with van der Waals surface area (Å²) in [5, 5.41) is 14.0. The molecule has 0 unspecified atom stereocenters. The van der Waals surface area contributed by atoms with Crippen LogP contribution >= 0.6 is 11.8 Å². The number of hydrogen-bond donors (Lipinski definition) is 3. The maximum Gasteiger partial charge on any atom is 0.240 e. The zero-order valence-electron chi connectivity index (χ0n) is 12.6. The summed E-state index contributed by atoms with van der Waals surface area (Å²) in [6, 6.07) is 3.55. The molecule has 0 aromatic carbocycles. The maximum atomic E-state index is 11.7. The first kappa shape index (κ1) is 16.1. The minimum Gasteiger partial charge on any atom is -0.463 e. The highest BCUT2D eigenvalue weighted by atomic mass is 32.2. The molecule has 22 heavy (non-hydrogen) atoms. The van der Waals surface area contributed by atoms with Crippen LogP contribution in [0.3, 0.4) is 0 Å². The van der Waals surface area contributed by atoms with Gasteiger partial charge in [-0.15, -0.1) is 5.10 Å². The van der Waals surface area contributed by atoms with Crippen molar-refractivity contribution in [2.24, 2.45) is 5.10 Å². The van der Waals surface area contributed by atoms with E-state index >= 15 is 0 Å². The number of nitrogens with zero attached hydrogens (tertiary/aromatic N) is 3. The van der Waals surface area contributed by atoms with Crippen LogP contribution in [0.5, 0.6) is 0 Å². The summed E-state index contributed by atoms with van der Waals surface area (Å²) in [4.78, 5) is 15.9. The summed E-state index contributed by atoms with van der Waals surface area (Å²) >= 11 is 1.25. The van der Waals surface area contributed by atoms with Gasteiger partial charge in [-0.05, 0) is 32.9 Å². The number of nitrogens with one attached hydrogen (secondary N) is 3. The molecule has 2 rings (SSSR count). The summed E-state index contributed by atoms with van der Waals surface area (Å²) in [5.74, 6) is 1.21. The van der Waals surface area contributed by atoms with E-state index in [1.807, 2.05) is 20.8 Å². The predicted octanol–water partition coefficient (Wildman–Crippen LogP) is 1.85. The lowest BCUT2D eigenvalue weighted by Gasteiger charge is -2.19. The molecule has 2 aromatic heterocycles. The minimum absolute atomic E-state index is 0.0624. The number of amides is 1. The fraction of sp³-hybridized carbons (Fsp3) is 0.385. The van der Waals surface area contributed by atoms with Gasteiger partial charge in [0.1, 0.15) is 5.76 Å². The highest BCUT2D eigenvalue weighted by molar-refractivity contribution is 7.99. The van der Waals surface area contributed by atoms with Gasteiger partial charge in [-0.1, -0.05) is 11.8 Å². The van der Waals surface area contributed by atoms with Crippen molar-refractivity contribution in [3.05, 3.63) is 24.2 Å². The Balaban J connectivity index is 1.78. The van der Waals surface area contributed by atoms with Crippen LogP contribution in [0.25, 0.3) is 0 Å². The summed E-state index contributed by atoms with van der Waals surface area (Å²) in [5.41, 5.74) is 2.45. The number of thioether (sulfide) groups is 1. The lowest BCUT2D eigenvalue weighted by molar-refractivity contribution is -0.119. The van der Waals surface area contributed by atoms with Crippen molar-refractivity contribution < 1.29 is 9.21 Å². The van der Waals surface area contributed by atoms with E-state index in [0.29, 0.717) is 16.9 Å². The molecule has 8 nitrogen and oxygen atoms in total. The van der Waals surface area contributed by atoms with Crippen LogP contribution in [-0.4, -0.2) is 38.6 Å². The Bertz CT molecular complexity index is 629. The molecule has 2 aromatic rings. The predicted molar refractivity (Wildman–Crippen MR) is 84.9 cm³/mol. The van der Waals surface area contributed by atoms with Crippen LogP contribution in [0.1, 0.15) is 26.5 Å². The second-order valence-corrected chi connectivity index (χ2v) is 6.38. The van der Waals surface area contributed by atoms with Gasteiger partial charge >= 0.3 is 0 Å². The second kappa shape index (κ2) is 7.12. The van der Waals surface area contributed by atoms with Gasteiger partial charge in [-0.25, -0.2) is 10.5 Å². The molecule has 0 fully saturated rings. The Kier molecular flexibility index (Phi) is 5.21. The van der Waals surface area contributed by atoms with Gasteiger partial charge in [0.2, 0.25) is 17.0 Å². The number of carbonyl (C=O) groups is 1. The third kappa shape index (κ3) is 5.60. The SMILES string of the molecule is CC(C)(C)NC(=O)CSc1n[nH]c(N/N=C/c2ccco2)n1. The fourth-order valence-electron chi connectivity index (χ4n) is 1.47. The third-order valence-corrected chi connectivity index (χ3v) is 3.06. The Morgan fingerprint density at radius 1 is 1.55 bits per heavy atom. The molecule has 0 radical (unpaired) electrons. The summed E-state index contributed by atoms with van der Waals surface area (Å²) in [6.45, 7) is 5.80. The van der Waals surface area contributed by atoms with Gasteiger partial charge in [0.05, 0.1) is 18.2 Å². The Hall–Kier alpha value is -2.29. The summed E-state index contributed by atoms with van der Waals surface area (Å²) < 4.78 is 5.10. The molecule has 0 atom stereocenters. The van der Waals surface area contributed by atoms with E-state index in [0.717, 1.165) is 0 Å². The lowest BCUT2D eigenvalue weighted by atomic mass is 10.1. The molecule has 0 aliphatic heterocycles. The van der Waals surface area contributed by atoms with Crippen molar-refractivity contribution in [3.63, 3.8) is 0 Å². The van der Waals surface area contributed by atoms with E-state index < -0.39 is 0 Å². The smallest absolute Gasteiger partial charge is 0.240 e. The molecule has 2 heterocycles. The number of aromatic amines is 1. The highest BCUT2D eigenvalue weighted by Gasteiger charge is 2.14. The summed E-state index contributed by atoms with van der Waals surface area (Å²) in [7, 11) is 0. The van der Waals surface area contributed by atoms with Crippen molar-refractivity contribution in [3.8, 4) is 0 Å². The number of rotatable bonds is 6.